The number of nitrogens with one attached hydrogen (secondary N) is 3. The summed E-state index contributed by atoms with van der Waals surface area (Å²) in [4.78, 5) is 30.7. The van der Waals surface area contributed by atoms with Crippen molar-refractivity contribution in [1.29, 1.82) is 0 Å². The van der Waals surface area contributed by atoms with E-state index in [2.05, 4.69) is 20.6 Å². The number of aromatic nitrogens is 3. The SMILES string of the molecule is O=C(Nc1ccc(-n2cc[nH]c2=O)cc1)c1ccc(NC2CC2)nc1. The Hall–Kier alpha value is -3.35. The van der Waals surface area contributed by atoms with Crippen molar-refractivity contribution in [3.8, 4) is 5.69 Å². The van der Waals surface area contributed by atoms with Crippen molar-refractivity contribution < 1.29 is 4.79 Å². The molecule has 1 fully saturated rings. The number of carbonyl (C=O) groups is 1. The fourth-order valence-corrected chi connectivity index (χ4v) is 2.48. The Morgan fingerprint density at radius 1 is 1.16 bits per heavy atom. The van der Waals surface area contributed by atoms with Gasteiger partial charge < -0.3 is 15.6 Å². The van der Waals surface area contributed by atoms with Crippen LogP contribution in [-0.2, 0) is 0 Å². The molecule has 0 saturated heterocycles. The van der Waals surface area contributed by atoms with Gasteiger partial charge in [0.2, 0.25) is 0 Å². The van der Waals surface area contributed by atoms with Gasteiger partial charge in [0.15, 0.2) is 0 Å². The fraction of sp³-hybridized carbons (Fsp3) is 0.167. The van der Waals surface area contributed by atoms with Crippen molar-refractivity contribution in [1.82, 2.24) is 14.5 Å². The number of benzene rings is 1. The third-order valence-corrected chi connectivity index (χ3v) is 4.01. The standard InChI is InChI=1S/C18H17N5O2/c24-17(12-1-8-16(20-11-12)21-13-2-3-13)22-14-4-6-15(7-5-14)23-10-9-19-18(23)25/h1,4-11,13H,2-3H2,(H,19,25)(H,20,21)(H,22,24). The molecule has 0 unspecified atom stereocenters. The first-order valence-corrected chi connectivity index (χ1v) is 8.09. The normalized spacial score (nSPS) is 13.4. The van der Waals surface area contributed by atoms with Gasteiger partial charge in [-0.1, -0.05) is 0 Å². The lowest BCUT2D eigenvalue weighted by Gasteiger charge is -2.08. The first-order valence-electron chi connectivity index (χ1n) is 8.09. The van der Waals surface area contributed by atoms with Gasteiger partial charge in [-0.3, -0.25) is 9.36 Å². The Morgan fingerprint density at radius 3 is 2.56 bits per heavy atom. The minimum Gasteiger partial charge on any atom is -0.367 e. The Morgan fingerprint density at radius 2 is 1.96 bits per heavy atom. The molecule has 0 atom stereocenters. The maximum absolute atomic E-state index is 12.3. The van der Waals surface area contributed by atoms with Crippen LogP contribution in [0.25, 0.3) is 5.69 Å². The summed E-state index contributed by atoms with van der Waals surface area (Å²) < 4.78 is 1.49. The number of pyridine rings is 1. The van der Waals surface area contributed by atoms with Crippen molar-refractivity contribution in [2.24, 2.45) is 0 Å². The molecule has 25 heavy (non-hydrogen) atoms. The molecule has 2 aromatic heterocycles. The van der Waals surface area contributed by atoms with Gasteiger partial charge in [-0.05, 0) is 49.2 Å². The van der Waals surface area contributed by atoms with Crippen LogP contribution in [0.15, 0.2) is 59.8 Å². The monoisotopic (exact) mass is 335 g/mol. The fourth-order valence-electron chi connectivity index (χ4n) is 2.48. The Kier molecular flexibility index (Phi) is 3.81. The van der Waals surface area contributed by atoms with Crippen molar-refractivity contribution in [2.75, 3.05) is 10.6 Å². The molecule has 0 spiro atoms. The van der Waals surface area contributed by atoms with Crippen LogP contribution in [0.4, 0.5) is 11.5 Å². The van der Waals surface area contributed by atoms with E-state index in [9.17, 15) is 9.59 Å². The van der Waals surface area contributed by atoms with Crippen LogP contribution < -0.4 is 16.3 Å². The molecule has 4 rings (SSSR count). The molecule has 3 aromatic rings. The molecule has 1 aliphatic rings. The molecule has 1 aliphatic carbocycles. The average molecular weight is 335 g/mol. The van der Waals surface area contributed by atoms with Gasteiger partial charge in [-0.2, -0.15) is 0 Å². The lowest BCUT2D eigenvalue weighted by Crippen LogP contribution is -2.15. The predicted octanol–water partition coefficient (Wildman–Crippen LogP) is 2.39. The molecule has 1 aromatic carbocycles. The smallest absolute Gasteiger partial charge is 0.330 e. The van der Waals surface area contributed by atoms with Gasteiger partial charge in [0.1, 0.15) is 5.82 Å². The number of rotatable bonds is 5. The van der Waals surface area contributed by atoms with Gasteiger partial charge in [-0.25, -0.2) is 9.78 Å². The highest BCUT2D eigenvalue weighted by Crippen LogP contribution is 2.23. The number of nitrogens with zero attached hydrogens (tertiary/aromatic N) is 2. The molecular formula is C18H17N5O2. The zero-order valence-corrected chi connectivity index (χ0v) is 13.4. The largest absolute Gasteiger partial charge is 0.367 e. The highest BCUT2D eigenvalue weighted by atomic mass is 16.2. The van der Waals surface area contributed by atoms with Gasteiger partial charge in [0.05, 0.1) is 11.3 Å². The zero-order valence-electron chi connectivity index (χ0n) is 13.4. The molecule has 0 radical (unpaired) electrons. The second-order valence-corrected chi connectivity index (χ2v) is 5.99. The predicted molar refractivity (Wildman–Crippen MR) is 95.2 cm³/mol. The number of carbonyl (C=O) groups excluding carboxylic acids is 1. The molecule has 126 valence electrons. The molecule has 1 saturated carbocycles. The number of hydrogen-bond donors (Lipinski definition) is 3. The lowest BCUT2D eigenvalue weighted by atomic mass is 10.2. The van der Waals surface area contributed by atoms with Gasteiger partial charge in [-0.15, -0.1) is 0 Å². The summed E-state index contributed by atoms with van der Waals surface area (Å²) in [5.41, 5.74) is 1.66. The van der Waals surface area contributed by atoms with Crippen molar-refractivity contribution in [2.45, 2.75) is 18.9 Å². The Labute approximate surface area is 143 Å². The van der Waals surface area contributed by atoms with E-state index in [0.29, 0.717) is 17.3 Å². The van der Waals surface area contributed by atoms with E-state index >= 15 is 0 Å². The van der Waals surface area contributed by atoms with E-state index in [-0.39, 0.29) is 11.6 Å². The zero-order chi connectivity index (χ0) is 17.2. The van der Waals surface area contributed by atoms with Crippen LogP contribution in [-0.4, -0.2) is 26.5 Å². The molecule has 0 bridgehead atoms. The van der Waals surface area contributed by atoms with E-state index in [0.717, 1.165) is 11.5 Å². The first-order chi connectivity index (χ1) is 12.2. The summed E-state index contributed by atoms with van der Waals surface area (Å²) >= 11 is 0. The molecular weight excluding hydrogens is 318 g/mol. The number of anilines is 2. The Balaban J connectivity index is 1.43. The number of hydrogen-bond acceptors (Lipinski definition) is 4. The van der Waals surface area contributed by atoms with Gasteiger partial charge >= 0.3 is 5.69 Å². The number of imidazole rings is 1. The van der Waals surface area contributed by atoms with Crippen LogP contribution in [0, 0.1) is 0 Å². The number of amides is 1. The van der Waals surface area contributed by atoms with Crippen molar-refractivity contribution in [3.05, 3.63) is 71.0 Å². The van der Waals surface area contributed by atoms with Crippen LogP contribution >= 0.6 is 0 Å². The maximum atomic E-state index is 12.3. The highest BCUT2D eigenvalue weighted by molar-refractivity contribution is 6.04. The van der Waals surface area contributed by atoms with Crippen LogP contribution in [0.2, 0.25) is 0 Å². The lowest BCUT2D eigenvalue weighted by molar-refractivity contribution is 0.102. The van der Waals surface area contributed by atoms with E-state index < -0.39 is 0 Å². The molecule has 0 aliphatic heterocycles. The van der Waals surface area contributed by atoms with Crippen molar-refractivity contribution in [3.63, 3.8) is 0 Å². The Bertz CT molecular complexity index is 937. The van der Waals surface area contributed by atoms with Crippen LogP contribution in [0.1, 0.15) is 23.2 Å². The second kappa shape index (κ2) is 6.27. The molecule has 2 heterocycles. The minimum absolute atomic E-state index is 0.206. The summed E-state index contributed by atoms with van der Waals surface area (Å²) in [5.74, 6) is 0.567. The van der Waals surface area contributed by atoms with Gasteiger partial charge in [0.25, 0.3) is 5.91 Å². The third-order valence-electron chi connectivity index (χ3n) is 4.01. The van der Waals surface area contributed by atoms with Gasteiger partial charge in [0, 0.05) is 30.3 Å². The summed E-state index contributed by atoms with van der Waals surface area (Å²) in [6.07, 6.45) is 7.14. The van der Waals surface area contributed by atoms with E-state index in [1.54, 1.807) is 48.9 Å². The molecule has 7 nitrogen and oxygen atoms in total. The number of H-pyrrole nitrogens is 1. The van der Waals surface area contributed by atoms with E-state index in [1.807, 2.05) is 6.07 Å². The molecule has 1 amide bonds. The van der Waals surface area contributed by atoms with E-state index in [1.165, 1.54) is 17.4 Å². The number of aromatic amines is 1. The quantitative estimate of drug-likeness (QED) is 0.667. The van der Waals surface area contributed by atoms with Crippen LogP contribution in [0.5, 0.6) is 0 Å². The van der Waals surface area contributed by atoms with Crippen LogP contribution in [0.3, 0.4) is 0 Å². The maximum Gasteiger partial charge on any atom is 0.330 e. The second-order valence-electron chi connectivity index (χ2n) is 5.99. The first kappa shape index (κ1) is 15.2. The van der Waals surface area contributed by atoms with E-state index in [4.69, 9.17) is 0 Å². The minimum atomic E-state index is -0.225. The van der Waals surface area contributed by atoms with Crippen molar-refractivity contribution >= 4 is 17.4 Å². The summed E-state index contributed by atoms with van der Waals surface area (Å²) in [6, 6.07) is 11.1. The molecule has 3 N–H and O–H groups in total. The highest BCUT2D eigenvalue weighted by Gasteiger charge is 2.21. The summed E-state index contributed by atoms with van der Waals surface area (Å²) in [6.45, 7) is 0. The molecule has 7 heteroatoms. The summed E-state index contributed by atoms with van der Waals surface area (Å²) in [7, 11) is 0. The third kappa shape index (κ3) is 3.45. The topological polar surface area (TPSA) is 91.8 Å². The average Bonchev–Trinajstić information content (AvgIpc) is 3.34. The summed E-state index contributed by atoms with van der Waals surface area (Å²) in [5, 5.41) is 6.11.